The van der Waals surface area contributed by atoms with Crippen LogP contribution in [0.5, 0.6) is 0 Å². The maximum absolute atomic E-state index is 11.4. The molecule has 1 aromatic carbocycles. The van der Waals surface area contributed by atoms with Gasteiger partial charge < -0.3 is 4.55 Å². The lowest BCUT2D eigenvalue weighted by molar-refractivity contribution is 0.559. The zero-order chi connectivity index (χ0) is 9.73. The quantitative estimate of drug-likeness (QED) is 0.436. The fourth-order valence-electron chi connectivity index (χ4n) is 0.814. The molecule has 4 heteroatoms. The minimum atomic E-state index is -3.22. The van der Waals surface area contributed by atoms with Crippen molar-refractivity contribution in [2.75, 3.05) is 0 Å². The summed E-state index contributed by atoms with van der Waals surface area (Å²) in [5, 5.41) is 0.940. The van der Waals surface area contributed by atoms with Crippen molar-refractivity contribution in [2.24, 2.45) is 0 Å². The van der Waals surface area contributed by atoms with Crippen molar-refractivity contribution in [3.8, 4) is 0 Å². The van der Waals surface area contributed by atoms with Crippen LogP contribution in [0.15, 0.2) is 41.3 Å². The van der Waals surface area contributed by atoms with E-state index in [1.165, 1.54) is 18.1 Å². The van der Waals surface area contributed by atoms with Crippen LogP contribution in [0.3, 0.4) is 0 Å². The predicted molar refractivity (Wildman–Crippen MR) is 51.8 cm³/mol. The summed E-state index contributed by atoms with van der Waals surface area (Å²) in [6.45, 7) is 0. The summed E-state index contributed by atoms with van der Waals surface area (Å²) in [7, 11) is -3.22. The predicted octanol–water partition coefficient (Wildman–Crippen LogP) is 0.993. The molecule has 1 rings (SSSR count). The van der Waals surface area contributed by atoms with Gasteiger partial charge in [0.15, 0.2) is 0 Å². The van der Waals surface area contributed by atoms with Gasteiger partial charge in [-0.1, -0.05) is 18.2 Å². The Kier molecular flexibility index (Phi) is 3.03. The van der Waals surface area contributed by atoms with Gasteiger partial charge in [0.25, 0.3) is 0 Å². The van der Waals surface area contributed by atoms with Crippen molar-refractivity contribution in [1.29, 1.82) is 0 Å². The summed E-state index contributed by atoms with van der Waals surface area (Å²) in [5.74, 6) is 1.42. The Morgan fingerprint density at radius 1 is 1.31 bits per heavy atom. The highest BCUT2D eigenvalue weighted by Crippen LogP contribution is 2.06. The molecule has 0 aliphatic carbocycles. The van der Waals surface area contributed by atoms with E-state index in [9.17, 15) is 13.6 Å². The molecular formula is C9H8O3S. The highest BCUT2D eigenvalue weighted by Gasteiger charge is 2.02. The lowest BCUT2D eigenvalue weighted by Crippen LogP contribution is -2.01. The maximum Gasteiger partial charge on any atom is 0.125 e. The molecule has 0 spiro atoms. The number of rotatable bonds is 2. The van der Waals surface area contributed by atoms with Crippen LogP contribution in [-0.2, 0) is 14.6 Å². The van der Waals surface area contributed by atoms with Crippen molar-refractivity contribution in [3.05, 3.63) is 36.4 Å². The maximum atomic E-state index is 11.4. The minimum Gasteiger partial charge on any atom is -0.310 e. The third-order valence-corrected chi connectivity index (χ3v) is 2.85. The second kappa shape index (κ2) is 4.05. The van der Waals surface area contributed by atoms with Crippen molar-refractivity contribution < 1.29 is 13.6 Å². The van der Waals surface area contributed by atoms with Gasteiger partial charge in [-0.2, -0.15) is 0 Å². The van der Waals surface area contributed by atoms with Gasteiger partial charge in [-0.15, -0.1) is 0 Å². The second-order valence-corrected chi connectivity index (χ2v) is 4.18. The Balaban J connectivity index is 3.23. The average molecular weight is 196 g/mol. The minimum absolute atomic E-state index is 0.279. The van der Waals surface area contributed by atoms with E-state index in [0.717, 1.165) is 11.4 Å². The van der Waals surface area contributed by atoms with Crippen molar-refractivity contribution >= 4 is 21.1 Å². The lowest BCUT2D eigenvalue weighted by atomic mass is 10.4. The first kappa shape index (κ1) is 9.74. The number of allylic oxidation sites excluding steroid dienone is 1. The standard InChI is InChI=1S/C9H8O3S/c10-7-4-8-13(11,12)9-5-2-1-3-6-9/h1-6,8H,(H,11,12). The third kappa shape index (κ3) is 2.56. The van der Waals surface area contributed by atoms with Gasteiger partial charge in [-0.05, 0) is 12.1 Å². The summed E-state index contributed by atoms with van der Waals surface area (Å²) in [4.78, 5) is 10.1. The van der Waals surface area contributed by atoms with E-state index < -0.39 is 9.80 Å². The van der Waals surface area contributed by atoms with E-state index in [1.807, 2.05) is 0 Å². The van der Waals surface area contributed by atoms with Gasteiger partial charge >= 0.3 is 0 Å². The molecule has 1 atom stereocenters. The third-order valence-electron chi connectivity index (χ3n) is 1.40. The molecule has 0 aromatic heterocycles. The lowest BCUT2D eigenvalue weighted by Gasteiger charge is -2.00. The van der Waals surface area contributed by atoms with Gasteiger partial charge in [0, 0.05) is 11.4 Å². The van der Waals surface area contributed by atoms with Crippen LogP contribution in [0.4, 0.5) is 0 Å². The van der Waals surface area contributed by atoms with Crippen LogP contribution in [0.2, 0.25) is 0 Å². The smallest absolute Gasteiger partial charge is 0.125 e. The average Bonchev–Trinajstić information content (AvgIpc) is 2.16. The summed E-state index contributed by atoms with van der Waals surface area (Å²) in [6.07, 6.45) is 0.898. The molecule has 1 N–H and O–H groups in total. The molecule has 0 saturated heterocycles. The summed E-state index contributed by atoms with van der Waals surface area (Å²) < 4.78 is 20.8. The normalized spacial score (nSPS) is 13.9. The molecule has 0 aliphatic rings. The van der Waals surface area contributed by atoms with E-state index in [2.05, 4.69) is 0 Å². The first-order valence-electron chi connectivity index (χ1n) is 3.53. The van der Waals surface area contributed by atoms with Gasteiger partial charge in [-0.25, -0.2) is 9.00 Å². The fraction of sp³-hybridized carbons (Fsp3) is 0. The highest BCUT2D eigenvalue weighted by molar-refractivity contribution is 7.96. The van der Waals surface area contributed by atoms with Crippen LogP contribution >= 0.6 is 0 Å². The zero-order valence-electron chi connectivity index (χ0n) is 6.71. The molecule has 0 bridgehead atoms. The van der Waals surface area contributed by atoms with Gasteiger partial charge in [0.05, 0.1) is 4.90 Å². The molecule has 13 heavy (non-hydrogen) atoms. The number of benzene rings is 1. The Hall–Kier alpha value is -1.35. The second-order valence-electron chi connectivity index (χ2n) is 2.30. The van der Waals surface area contributed by atoms with Gasteiger partial charge in [-0.3, -0.25) is 0 Å². The molecule has 68 valence electrons. The van der Waals surface area contributed by atoms with Crippen LogP contribution < -0.4 is 0 Å². The van der Waals surface area contributed by atoms with E-state index in [4.69, 9.17) is 0 Å². The molecule has 0 saturated carbocycles. The zero-order valence-corrected chi connectivity index (χ0v) is 7.53. The first-order valence-corrected chi connectivity index (χ1v) is 5.10. The number of hydrogen-bond acceptors (Lipinski definition) is 2. The van der Waals surface area contributed by atoms with Crippen LogP contribution in [0.25, 0.3) is 0 Å². The van der Waals surface area contributed by atoms with Crippen LogP contribution in [-0.4, -0.2) is 20.1 Å². The van der Waals surface area contributed by atoms with E-state index in [-0.39, 0.29) is 4.90 Å². The monoisotopic (exact) mass is 196 g/mol. The first-order chi connectivity index (χ1) is 6.17. The topological polar surface area (TPSA) is 54.4 Å². The number of carbonyl (C=O) groups excluding carboxylic acids is 1. The molecule has 0 aliphatic heterocycles. The molecule has 0 fully saturated rings. The van der Waals surface area contributed by atoms with Crippen molar-refractivity contribution in [2.45, 2.75) is 4.90 Å². The highest BCUT2D eigenvalue weighted by atomic mass is 32.2. The molecule has 0 radical (unpaired) electrons. The Morgan fingerprint density at radius 2 is 1.92 bits per heavy atom. The molecule has 0 amide bonds. The summed E-state index contributed by atoms with van der Waals surface area (Å²) >= 11 is 0. The van der Waals surface area contributed by atoms with Crippen LogP contribution in [0.1, 0.15) is 0 Å². The Bertz CT molecular complexity index is 435. The van der Waals surface area contributed by atoms with Gasteiger partial charge in [0.1, 0.15) is 15.7 Å². The number of hydrogen-bond donors (Lipinski definition) is 1. The molecule has 3 nitrogen and oxygen atoms in total. The molecule has 1 unspecified atom stereocenters. The summed E-state index contributed by atoms with van der Waals surface area (Å²) in [5.41, 5.74) is 0. The summed E-state index contributed by atoms with van der Waals surface area (Å²) in [6, 6.07) is 8.11. The Labute approximate surface area is 76.5 Å². The van der Waals surface area contributed by atoms with Crippen molar-refractivity contribution in [3.63, 3.8) is 0 Å². The largest absolute Gasteiger partial charge is 0.310 e. The molecule has 0 heterocycles. The van der Waals surface area contributed by atoms with E-state index in [0.29, 0.717) is 0 Å². The van der Waals surface area contributed by atoms with E-state index >= 15 is 0 Å². The van der Waals surface area contributed by atoms with Crippen molar-refractivity contribution in [1.82, 2.24) is 0 Å². The van der Waals surface area contributed by atoms with Crippen LogP contribution in [0, 0.1) is 0 Å². The molecule has 1 aromatic rings. The Morgan fingerprint density at radius 3 is 2.46 bits per heavy atom. The fourth-order valence-corrected chi connectivity index (χ4v) is 1.76. The molecular weight excluding hydrogens is 188 g/mol. The van der Waals surface area contributed by atoms with E-state index in [1.54, 1.807) is 18.2 Å². The van der Waals surface area contributed by atoms with Gasteiger partial charge in [0.2, 0.25) is 0 Å². The SMILES string of the molecule is O=C=CC=S(=O)(O)c1ccccc1.